The Hall–Kier alpha value is -5.71. The van der Waals surface area contributed by atoms with Crippen LogP contribution in [0.15, 0.2) is 77.6 Å². The fraction of sp³-hybridized carbons (Fsp3) is 0.449. The van der Waals surface area contributed by atoms with Gasteiger partial charge in [-0.2, -0.15) is 5.10 Å². The van der Waals surface area contributed by atoms with Gasteiger partial charge in [-0.1, -0.05) is 88.4 Å². The molecule has 4 heterocycles. The van der Waals surface area contributed by atoms with Crippen molar-refractivity contribution in [1.29, 1.82) is 0 Å². The monoisotopic (exact) mass is 882 g/mol. The van der Waals surface area contributed by atoms with E-state index in [-0.39, 0.29) is 44.5 Å². The molecule has 0 unspecified atom stereocenters. The fourth-order valence-corrected chi connectivity index (χ4v) is 8.56. The molecule has 64 heavy (non-hydrogen) atoms. The number of hydrogen-bond acceptors (Lipinski definition) is 14. The number of aliphatic hydroxyl groups is 3. The Morgan fingerprint density at radius 1 is 0.875 bits per heavy atom. The van der Waals surface area contributed by atoms with Crippen LogP contribution in [0, 0.1) is 30.6 Å². The standard InChI is InChI=1S/C49H62N4O11/c1-27-14-12-15-28(2)48(61)51-39-34(26-50-53-23-21-52(22-24-53)20-13-18-33-16-10-9-11-17-33)44(58)36-37(45(39)59)43(57)32(6)46-38(36)47(60)49(7,64-46)63-25-19-35(62-8)29(3)41(55)31(5)42(56)30(4)40(27)54/h9-19,25-27,29-31,35,40-42,54-59H,20-24H2,1-8H3,(H,51,61)/b14-12+,18-13+,25-19+,28-15-,50-26+/t27-,29+,30+,31+,35-,40-,41+,42+,49-/m0/s1. The molecule has 0 radical (unpaired) electrons. The number of allylic oxidation sites excluding steroid dienone is 2. The summed E-state index contributed by atoms with van der Waals surface area (Å²) >= 11 is 0. The first-order valence-corrected chi connectivity index (χ1v) is 21.7. The molecule has 4 aliphatic rings. The number of amides is 1. The largest absolute Gasteiger partial charge is 0.507 e. The van der Waals surface area contributed by atoms with E-state index in [1.807, 2.05) is 30.3 Å². The Labute approximate surface area is 374 Å². The van der Waals surface area contributed by atoms with Crippen molar-refractivity contribution < 1.29 is 54.4 Å². The summed E-state index contributed by atoms with van der Waals surface area (Å²) in [6.07, 6.45) is 8.97. The average Bonchev–Trinajstić information content (AvgIpc) is 3.55. The van der Waals surface area contributed by atoms with Gasteiger partial charge in [0, 0.05) is 87.0 Å². The van der Waals surface area contributed by atoms with Gasteiger partial charge < -0.3 is 50.2 Å². The SMILES string of the molecule is CO[C@H]1/C=C/O[C@@]2(C)Oc3c(C)c(O)c4c(O)c(c(/C=N/N5CCN(C/C=C/c6ccccc6)CC5)c(O)c4c3C2=O)NC(=O)/C(C)=C\C=C\[C@H](C)[C@H](O)[C@@H](C)[C@@H](O)[C@H](C)[C@H](O)[C@@H]1C. The molecule has 15 nitrogen and oxygen atoms in total. The van der Waals surface area contributed by atoms with E-state index < -0.39 is 82.8 Å². The van der Waals surface area contributed by atoms with Gasteiger partial charge in [0.2, 0.25) is 0 Å². The maximum absolute atomic E-state index is 14.5. The first-order chi connectivity index (χ1) is 30.4. The molecular formula is C49H62N4O11. The molecule has 1 fully saturated rings. The Morgan fingerprint density at radius 2 is 1.53 bits per heavy atom. The van der Waals surface area contributed by atoms with E-state index in [1.54, 1.807) is 44.9 Å². The van der Waals surface area contributed by atoms with Crippen molar-refractivity contribution in [2.75, 3.05) is 45.2 Å². The lowest BCUT2D eigenvalue weighted by Gasteiger charge is -2.36. The molecule has 1 saturated heterocycles. The summed E-state index contributed by atoms with van der Waals surface area (Å²) in [6.45, 7) is 14.4. The Morgan fingerprint density at radius 3 is 2.20 bits per heavy atom. The first kappa shape index (κ1) is 47.8. The van der Waals surface area contributed by atoms with Crippen LogP contribution in [0.25, 0.3) is 16.8 Å². The number of benzene rings is 3. The minimum absolute atomic E-state index is 0.0633. The van der Waals surface area contributed by atoms with Crippen LogP contribution in [0.2, 0.25) is 0 Å². The topological polar surface area (TPSA) is 214 Å². The second kappa shape index (κ2) is 20.0. The van der Waals surface area contributed by atoms with Crippen molar-refractivity contribution in [3.8, 4) is 23.0 Å². The average molecular weight is 883 g/mol. The summed E-state index contributed by atoms with van der Waals surface area (Å²) in [5, 5.41) is 78.4. The predicted octanol–water partition coefficient (Wildman–Crippen LogP) is 5.85. The number of rotatable bonds is 6. The summed E-state index contributed by atoms with van der Waals surface area (Å²) in [6, 6.07) is 10.0. The minimum Gasteiger partial charge on any atom is -0.507 e. The normalized spacial score (nSPS) is 30.7. The van der Waals surface area contributed by atoms with E-state index in [2.05, 4.69) is 27.5 Å². The van der Waals surface area contributed by atoms with Gasteiger partial charge in [-0.3, -0.25) is 19.5 Å². The van der Waals surface area contributed by atoms with Gasteiger partial charge in [0.25, 0.3) is 11.7 Å². The Balaban J connectivity index is 1.41. The number of nitrogens with one attached hydrogen (secondary N) is 1. The summed E-state index contributed by atoms with van der Waals surface area (Å²) in [5.41, 5.74) is 0.783. The molecule has 344 valence electrons. The van der Waals surface area contributed by atoms with Gasteiger partial charge in [-0.15, -0.1) is 0 Å². The van der Waals surface area contributed by atoms with Crippen LogP contribution in [-0.2, 0) is 14.3 Å². The van der Waals surface area contributed by atoms with Crippen LogP contribution in [0.4, 0.5) is 5.69 Å². The van der Waals surface area contributed by atoms with Crippen molar-refractivity contribution in [1.82, 2.24) is 9.91 Å². The molecule has 7 N–H and O–H groups in total. The van der Waals surface area contributed by atoms with Gasteiger partial charge in [-0.25, -0.2) is 0 Å². The lowest BCUT2D eigenvalue weighted by atomic mass is 9.78. The number of ketones is 1. The van der Waals surface area contributed by atoms with Crippen molar-refractivity contribution in [2.45, 2.75) is 78.7 Å². The van der Waals surface area contributed by atoms with Crippen molar-refractivity contribution in [2.24, 2.45) is 28.8 Å². The van der Waals surface area contributed by atoms with Gasteiger partial charge in [0.15, 0.2) is 5.75 Å². The van der Waals surface area contributed by atoms with E-state index in [0.717, 1.165) is 12.1 Å². The van der Waals surface area contributed by atoms with Gasteiger partial charge >= 0.3 is 5.79 Å². The minimum atomic E-state index is -2.03. The van der Waals surface area contributed by atoms with Gasteiger partial charge in [0.05, 0.1) is 59.1 Å². The number of phenols is 3. The fourth-order valence-electron chi connectivity index (χ4n) is 8.56. The number of nitrogens with zero attached hydrogens (tertiary/aromatic N) is 3. The van der Waals surface area contributed by atoms with Crippen molar-refractivity contribution in [3.05, 3.63) is 94.8 Å². The Kier molecular flexibility index (Phi) is 14.9. The summed E-state index contributed by atoms with van der Waals surface area (Å²) in [4.78, 5) is 30.6. The highest BCUT2D eigenvalue weighted by Crippen LogP contribution is 2.55. The van der Waals surface area contributed by atoms with Crippen LogP contribution < -0.4 is 10.1 Å². The molecule has 0 spiro atoms. The number of hydrazone groups is 1. The second-order valence-corrected chi connectivity index (χ2v) is 17.3. The molecule has 0 aromatic heterocycles. The number of Topliss-reactive ketones (excluding diaryl/α,β-unsaturated/α-hetero) is 1. The second-order valence-electron chi connectivity index (χ2n) is 17.3. The van der Waals surface area contributed by atoms with Gasteiger partial charge in [-0.05, 0) is 25.5 Å². The smallest absolute Gasteiger partial charge is 0.312 e. The van der Waals surface area contributed by atoms with Crippen LogP contribution in [0.3, 0.4) is 0 Å². The maximum atomic E-state index is 14.5. The van der Waals surface area contributed by atoms with Crippen molar-refractivity contribution >= 4 is 40.4 Å². The molecule has 5 bridgehead atoms. The molecule has 0 saturated carbocycles. The molecule has 3 aromatic carbocycles. The summed E-state index contributed by atoms with van der Waals surface area (Å²) in [7, 11) is 1.44. The third-order valence-electron chi connectivity index (χ3n) is 12.9. The Bertz CT molecular complexity index is 2350. The number of phenolic OH excluding ortho intramolecular Hbond substituents is 3. The maximum Gasteiger partial charge on any atom is 0.312 e. The number of carbonyl (C=O) groups is 2. The third-order valence-corrected chi connectivity index (χ3v) is 12.9. The van der Waals surface area contributed by atoms with Crippen LogP contribution in [0.5, 0.6) is 23.0 Å². The van der Waals surface area contributed by atoms with Crippen LogP contribution in [-0.4, -0.2) is 128 Å². The lowest BCUT2D eigenvalue weighted by Crippen LogP contribution is -2.44. The number of aromatic hydroxyl groups is 3. The van der Waals surface area contributed by atoms with E-state index in [9.17, 15) is 40.2 Å². The highest BCUT2D eigenvalue weighted by atomic mass is 16.7. The zero-order valence-electron chi connectivity index (χ0n) is 37.7. The number of ether oxygens (including phenoxy) is 3. The first-order valence-electron chi connectivity index (χ1n) is 21.7. The van der Waals surface area contributed by atoms with Crippen LogP contribution >= 0.6 is 0 Å². The highest BCUT2D eigenvalue weighted by molar-refractivity contribution is 6.23. The molecule has 9 atom stereocenters. The van der Waals surface area contributed by atoms with Gasteiger partial charge in [0.1, 0.15) is 17.2 Å². The summed E-state index contributed by atoms with van der Waals surface area (Å²) < 4.78 is 17.8. The van der Waals surface area contributed by atoms with Crippen molar-refractivity contribution in [3.63, 3.8) is 0 Å². The van der Waals surface area contributed by atoms with Crippen LogP contribution in [0.1, 0.15) is 68.6 Å². The van der Waals surface area contributed by atoms with E-state index in [0.29, 0.717) is 26.2 Å². The summed E-state index contributed by atoms with van der Waals surface area (Å²) in [5.74, 6) is -7.68. The number of aliphatic hydroxyl groups excluding tert-OH is 3. The number of piperazine rings is 1. The third kappa shape index (κ3) is 9.69. The molecular weight excluding hydrogens is 821 g/mol. The van der Waals surface area contributed by atoms with E-state index in [4.69, 9.17) is 14.2 Å². The van der Waals surface area contributed by atoms with E-state index in [1.165, 1.54) is 52.5 Å². The molecule has 1 amide bonds. The molecule has 4 aliphatic heterocycles. The lowest BCUT2D eigenvalue weighted by molar-refractivity contribution is -0.112. The van der Waals surface area contributed by atoms with E-state index >= 15 is 0 Å². The number of carbonyl (C=O) groups excluding carboxylic acids is 2. The zero-order valence-corrected chi connectivity index (χ0v) is 37.7. The molecule has 7 rings (SSSR count). The molecule has 15 heteroatoms. The quantitative estimate of drug-likeness (QED) is 0.0881. The predicted molar refractivity (Wildman–Crippen MR) is 245 cm³/mol. The number of fused-ring (bicyclic) bond motifs is 14. The number of hydrogen-bond donors (Lipinski definition) is 7. The highest BCUT2D eigenvalue weighted by Gasteiger charge is 2.50. The number of anilines is 1. The molecule has 3 aromatic rings. The zero-order chi connectivity index (χ0) is 46.6. The number of methoxy groups -OCH3 is 1. The molecule has 0 aliphatic carbocycles.